The van der Waals surface area contributed by atoms with E-state index in [1.807, 2.05) is 13.0 Å². The molecule has 4 nitrogen and oxygen atoms in total. The Bertz CT molecular complexity index is 659. The Kier molecular flexibility index (Phi) is 5.08. The van der Waals surface area contributed by atoms with Crippen molar-refractivity contribution in [1.82, 2.24) is 14.9 Å². The average molecular weight is 335 g/mol. The Labute approximate surface area is 140 Å². The molecule has 0 aliphatic carbocycles. The molecule has 23 heavy (non-hydrogen) atoms. The van der Waals surface area contributed by atoms with Gasteiger partial charge in [0.15, 0.2) is 0 Å². The van der Waals surface area contributed by atoms with E-state index in [0.29, 0.717) is 23.1 Å². The summed E-state index contributed by atoms with van der Waals surface area (Å²) in [6.07, 6.45) is 3.86. The van der Waals surface area contributed by atoms with Gasteiger partial charge in [-0.3, -0.25) is 4.90 Å². The summed E-state index contributed by atoms with van der Waals surface area (Å²) in [6, 6.07) is 6.97. The lowest BCUT2D eigenvalue weighted by Crippen LogP contribution is -2.42. The number of piperidine rings is 1. The van der Waals surface area contributed by atoms with Gasteiger partial charge in [0.05, 0.1) is 0 Å². The summed E-state index contributed by atoms with van der Waals surface area (Å²) < 4.78 is 13.9. The molecule has 1 aliphatic heterocycles. The second-order valence-corrected chi connectivity index (χ2v) is 6.35. The van der Waals surface area contributed by atoms with Crippen molar-refractivity contribution in [3.8, 4) is 0 Å². The standard InChI is InChI=1S/C17H20ClFN4/c1-12-7-8-20-17(21-12)22-13-4-3-9-23(10-13)11-14-15(18)5-2-6-16(14)19/h2,5-8,13H,3-4,9-11H2,1H3,(H,20,21,22). The van der Waals surface area contributed by atoms with E-state index in [9.17, 15) is 4.39 Å². The van der Waals surface area contributed by atoms with Crippen LogP contribution in [0.3, 0.4) is 0 Å². The Balaban J connectivity index is 1.64. The minimum absolute atomic E-state index is 0.241. The van der Waals surface area contributed by atoms with Gasteiger partial charge in [0.1, 0.15) is 5.82 Å². The molecular weight excluding hydrogens is 315 g/mol. The Hall–Kier alpha value is -1.72. The molecule has 1 aromatic heterocycles. The largest absolute Gasteiger partial charge is 0.350 e. The third kappa shape index (κ3) is 4.18. The summed E-state index contributed by atoms with van der Waals surface area (Å²) in [5.41, 5.74) is 1.51. The van der Waals surface area contributed by atoms with Gasteiger partial charge in [-0.1, -0.05) is 17.7 Å². The van der Waals surface area contributed by atoms with Crippen molar-refractivity contribution in [3.05, 3.63) is 52.6 Å². The zero-order chi connectivity index (χ0) is 16.2. The molecule has 6 heteroatoms. The quantitative estimate of drug-likeness (QED) is 0.926. The molecule has 1 fully saturated rings. The van der Waals surface area contributed by atoms with E-state index < -0.39 is 0 Å². The lowest BCUT2D eigenvalue weighted by atomic mass is 10.0. The van der Waals surface area contributed by atoms with E-state index in [1.165, 1.54) is 6.07 Å². The highest BCUT2D eigenvalue weighted by molar-refractivity contribution is 6.31. The van der Waals surface area contributed by atoms with Crippen LogP contribution in [0.1, 0.15) is 24.1 Å². The maximum absolute atomic E-state index is 13.9. The van der Waals surface area contributed by atoms with Crippen LogP contribution >= 0.6 is 11.6 Å². The normalized spacial score (nSPS) is 18.8. The molecule has 1 atom stereocenters. The summed E-state index contributed by atoms with van der Waals surface area (Å²) in [6.45, 7) is 4.23. The van der Waals surface area contributed by atoms with E-state index in [4.69, 9.17) is 11.6 Å². The molecule has 0 spiro atoms. The van der Waals surface area contributed by atoms with Crippen molar-refractivity contribution in [2.24, 2.45) is 0 Å². The second-order valence-electron chi connectivity index (χ2n) is 5.94. The number of aryl methyl sites for hydroxylation is 1. The molecule has 3 rings (SSSR count). The molecule has 2 aromatic rings. The van der Waals surface area contributed by atoms with Gasteiger partial charge >= 0.3 is 0 Å². The first-order chi connectivity index (χ1) is 11.1. The van der Waals surface area contributed by atoms with Crippen LogP contribution < -0.4 is 5.32 Å². The zero-order valence-electron chi connectivity index (χ0n) is 13.1. The van der Waals surface area contributed by atoms with Crippen LogP contribution in [-0.4, -0.2) is 34.0 Å². The molecule has 1 N–H and O–H groups in total. The Morgan fingerprint density at radius 2 is 2.26 bits per heavy atom. The number of aromatic nitrogens is 2. The molecule has 122 valence electrons. The maximum atomic E-state index is 13.9. The first-order valence-electron chi connectivity index (χ1n) is 7.83. The fraction of sp³-hybridized carbons (Fsp3) is 0.412. The monoisotopic (exact) mass is 334 g/mol. The molecule has 1 aromatic carbocycles. The van der Waals surface area contributed by atoms with Crippen molar-refractivity contribution in [2.45, 2.75) is 32.4 Å². The van der Waals surface area contributed by atoms with Crippen molar-refractivity contribution in [3.63, 3.8) is 0 Å². The fourth-order valence-corrected chi connectivity index (χ4v) is 3.15. The molecule has 0 saturated carbocycles. The number of nitrogens with zero attached hydrogens (tertiary/aromatic N) is 3. The summed E-state index contributed by atoms with van der Waals surface area (Å²) in [4.78, 5) is 10.9. The molecule has 1 aliphatic rings. The van der Waals surface area contributed by atoms with Gasteiger partial charge in [0, 0.05) is 41.6 Å². The number of hydrogen-bond donors (Lipinski definition) is 1. The predicted octanol–water partition coefficient (Wildman–Crippen LogP) is 3.65. The number of anilines is 1. The molecule has 0 bridgehead atoms. The number of nitrogens with one attached hydrogen (secondary N) is 1. The van der Waals surface area contributed by atoms with E-state index in [2.05, 4.69) is 20.2 Å². The molecule has 0 radical (unpaired) electrons. The lowest BCUT2D eigenvalue weighted by molar-refractivity contribution is 0.206. The Morgan fingerprint density at radius 3 is 3.04 bits per heavy atom. The minimum atomic E-state index is -0.241. The first-order valence-corrected chi connectivity index (χ1v) is 8.21. The second kappa shape index (κ2) is 7.23. The summed E-state index contributed by atoms with van der Waals surface area (Å²) in [5, 5.41) is 3.86. The number of halogens is 2. The van der Waals surface area contributed by atoms with Crippen LogP contribution in [-0.2, 0) is 6.54 Å². The summed E-state index contributed by atoms with van der Waals surface area (Å²) in [7, 11) is 0. The van der Waals surface area contributed by atoms with Gasteiger partial charge in [0.25, 0.3) is 0 Å². The van der Waals surface area contributed by atoms with Crippen molar-refractivity contribution >= 4 is 17.5 Å². The van der Waals surface area contributed by atoms with Crippen molar-refractivity contribution in [1.29, 1.82) is 0 Å². The number of hydrogen-bond acceptors (Lipinski definition) is 4. The van der Waals surface area contributed by atoms with Crippen LogP contribution in [0, 0.1) is 12.7 Å². The highest BCUT2D eigenvalue weighted by Gasteiger charge is 2.22. The Morgan fingerprint density at radius 1 is 1.39 bits per heavy atom. The van der Waals surface area contributed by atoms with Gasteiger partial charge in [0.2, 0.25) is 5.95 Å². The third-order valence-electron chi connectivity index (χ3n) is 4.08. The highest BCUT2D eigenvalue weighted by atomic mass is 35.5. The number of likely N-dealkylation sites (tertiary alicyclic amines) is 1. The van der Waals surface area contributed by atoms with Gasteiger partial charge in [-0.25, -0.2) is 14.4 Å². The third-order valence-corrected chi connectivity index (χ3v) is 4.43. The molecule has 2 heterocycles. The van der Waals surface area contributed by atoms with Crippen LogP contribution in [0.4, 0.5) is 10.3 Å². The maximum Gasteiger partial charge on any atom is 0.223 e. The van der Waals surface area contributed by atoms with Crippen LogP contribution in [0.5, 0.6) is 0 Å². The van der Waals surface area contributed by atoms with E-state index in [-0.39, 0.29) is 11.9 Å². The van der Waals surface area contributed by atoms with Gasteiger partial charge < -0.3 is 5.32 Å². The first kappa shape index (κ1) is 16.1. The van der Waals surface area contributed by atoms with Crippen molar-refractivity contribution in [2.75, 3.05) is 18.4 Å². The number of rotatable bonds is 4. The zero-order valence-corrected chi connectivity index (χ0v) is 13.9. The van der Waals surface area contributed by atoms with Crippen molar-refractivity contribution < 1.29 is 4.39 Å². The van der Waals surface area contributed by atoms with Gasteiger partial charge in [-0.05, 0) is 44.5 Å². The fourth-order valence-electron chi connectivity index (χ4n) is 2.92. The summed E-state index contributed by atoms with van der Waals surface area (Å²) in [5.74, 6) is 0.412. The van der Waals surface area contributed by atoms with E-state index >= 15 is 0 Å². The topological polar surface area (TPSA) is 41.1 Å². The molecular formula is C17H20ClFN4. The molecule has 1 unspecified atom stereocenters. The molecule has 1 saturated heterocycles. The summed E-state index contributed by atoms with van der Waals surface area (Å²) >= 11 is 6.13. The average Bonchev–Trinajstić information content (AvgIpc) is 2.52. The van der Waals surface area contributed by atoms with Crippen LogP contribution in [0.2, 0.25) is 5.02 Å². The van der Waals surface area contributed by atoms with Crippen LogP contribution in [0.25, 0.3) is 0 Å². The van der Waals surface area contributed by atoms with Crippen LogP contribution in [0.15, 0.2) is 30.5 Å². The smallest absolute Gasteiger partial charge is 0.223 e. The SMILES string of the molecule is Cc1ccnc(NC2CCCN(Cc3c(F)cccc3Cl)C2)n1. The van der Waals surface area contributed by atoms with Gasteiger partial charge in [-0.15, -0.1) is 0 Å². The van der Waals surface area contributed by atoms with E-state index in [1.54, 1.807) is 18.3 Å². The lowest BCUT2D eigenvalue weighted by Gasteiger charge is -2.33. The van der Waals surface area contributed by atoms with E-state index in [0.717, 1.165) is 31.6 Å². The predicted molar refractivity (Wildman–Crippen MR) is 90.1 cm³/mol. The van der Waals surface area contributed by atoms with Gasteiger partial charge in [-0.2, -0.15) is 0 Å². The number of benzene rings is 1. The minimum Gasteiger partial charge on any atom is -0.350 e. The highest BCUT2D eigenvalue weighted by Crippen LogP contribution is 2.23. The molecule has 0 amide bonds.